The number of carbonyl (C=O) groups excluding carboxylic acids is 2. The number of fused-ring (bicyclic) bond motifs is 5. The molecule has 3 aliphatic rings. The molecule has 1 aromatic carbocycles. The molecule has 2 aliphatic carbocycles. The van der Waals surface area contributed by atoms with Crippen LogP contribution in [-0.2, 0) is 9.59 Å². The molecule has 4 rings (SSSR count). The van der Waals surface area contributed by atoms with E-state index in [0.29, 0.717) is 23.3 Å². The highest BCUT2D eigenvalue weighted by molar-refractivity contribution is 6.23. The molecule has 4 atom stereocenters. The first kappa shape index (κ1) is 11.9. The lowest BCUT2D eigenvalue weighted by Gasteiger charge is -2.19. The second kappa shape index (κ2) is 4.08. The van der Waals surface area contributed by atoms with Gasteiger partial charge >= 0.3 is 0 Å². The van der Waals surface area contributed by atoms with E-state index in [4.69, 9.17) is 4.74 Å². The number of anilines is 1. The van der Waals surface area contributed by atoms with Crippen molar-refractivity contribution in [3.05, 3.63) is 24.3 Å². The maximum atomic E-state index is 12.7. The molecule has 1 aliphatic heterocycles. The number of benzene rings is 1. The van der Waals surface area contributed by atoms with Gasteiger partial charge in [0.05, 0.1) is 24.6 Å². The van der Waals surface area contributed by atoms with Crippen LogP contribution < -0.4 is 9.64 Å². The van der Waals surface area contributed by atoms with Crippen LogP contribution in [0.4, 0.5) is 5.69 Å². The minimum Gasteiger partial charge on any atom is -0.495 e. The van der Waals surface area contributed by atoms with Crippen LogP contribution in [0.25, 0.3) is 0 Å². The normalized spacial score (nSPS) is 34.8. The molecular weight excluding hydrogens is 254 g/mol. The Morgan fingerprint density at radius 1 is 1.05 bits per heavy atom. The predicted octanol–water partition coefficient (Wildman–Crippen LogP) is 2.23. The van der Waals surface area contributed by atoms with Crippen LogP contribution in [0.3, 0.4) is 0 Å². The molecule has 104 valence electrons. The summed E-state index contributed by atoms with van der Waals surface area (Å²) in [6.07, 6.45) is 3.27. The van der Waals surface area contributed by atoms with Crippen molar-refractivity contribution in [2.24, 2.45) is 23.7 Å². The Balaban J connectivity index is 1.77. The summed E-state index contributed by atoms with van der Waals surface area (Å²) in [6.45, 7) is 0. The Bertz CT molecular complexity index is 569. The highest BCUT2D eigenvalue weighted by Crippen LogP contribution is 2.57. The summed E-state index contributed by atoms with van der Waals surface area (Å²) in [6, 6.07) is 7.26. The van der Waals surface area contributed by atoms with Crippen molar-refractivity contribution in [3.63, 3.8) is 0 Å². The molecule has 4 nitrogen and oxygen atoms in total. The third kappa shape index (κ3) is 1.37. The van der Waals surface area contributed by atoms with E-state index in [0.717, 1.165) is 19.3 Å². The molecule has 1 saturated heterocycles. The van der Waals surface area contributed by atoms with Gasteiger partial charge in [-0.2, -0.15) is 0 Å². The molecule has 20 heavy (non-hydrogen) atoms. The van der Waals surface area contributed by atoms with Gasteiger partial charge in [-0.15, -0.1) is 0 Å². The molecule has 4 heteroatoms. The van der Waals surface area contributed by atoms with E-state index in [1.54, 1.807) is 19.2 Å². The zero-order chi connectivity index (χ0) is 13.9. The molecule has 0 spiro atoms. The maximum Gasteiger partial charge on any atom is 0.238 e. The summed E-state index contributed by atoms with van der Waals surface area (Å²) >= 11 is 0. The fourth-order valence-corrected chi connectivity index (χ4v) is 4.46. The first-order valence-electron chi connectivity index (χ1n) is 7.23. The van der Waals surface area contributed by atoms with Crippen LogP contribution in [-0.4, -0.2) is 18.9 Å². The van der Waals surface area contributed by atoms with Crippen LogP contribution in [0.1, 0.15) is 19.3 Å². The van der Waals surface area contributed by atoms with Gasteiger partial charge in [-0.3, -0.25) is 9.59 Å². The summed E-state index contributed by atoms with van der Waals surface area (Å²) in [4.78, 5) is 26.8. The number of amides is 2. The van der Waals surface area contributed by atoms with Crippen LogP contribution >= 0.6 is 0 Å². The molecule has 2 bridgehead atoms. The van der Waals surface area contributed by atoms with Gasteiger partial charge in [0.25, 0.3) is 0 Å². The largest absolute Gasteiger partial charge is 0.495 e. The highest BCUT2D eigenvalue weighted by atomic mass is 16.5. The average molecular weight is 271 g/mol. The van der Waals surface area contributed by atoms with Crippen molar-refractivity contribution in [1.82, 2.24) is 0 Å². The van der Waals surface area contributed by atoms with Crippen molar-refractivity contribution in [1.29, 1.82) is 0 Å². The van der Waals surface area contributed by atoms with E-state index >= 15 is 0 Å². The molecular formula is C16H17NO3. The predicted molar refractivity (Wildman–Crippen MR) is 73.3 cm³/mol. The second-order valence-corrected chi connectivity index (χ2v) is 6.07. The quantitative estimate of drug-likeness (QED) is 0.775. The SMILES string of the molecule is COc1ccccc1N1C(=O)[C@H]2[C@H]3CC[C@@H](C3)[C@@H]2C1=O. The number of methoxy groups -OCH3 is 1. The summed E-state index contributed by atoms with van der Waals surface area (Å²) in [5, 5.41) is 0. The lowest BCUT2D eigenvalue weighted by Crippen LogP contribution is -2.33. The van der Waals surface area contributed by atoms with Gasteiger partial charge in [-0.1, -0.05) is 12.1 Å². The molecule has 3 fully saturated rings. The summed E-state index contributed by atoms with van der Waals surface area (Å²) in [5.41, 5.74) is 0.596. The Morgan fingerprint density at radius 3 is 2.25 bits per heavy atom. The topological polar surface area (TPSA) is 46.6 Å². The fourth-order valence-electron chi connectivity index (χ4n) is 4.46. The molecule has 2 saturated carbocycles. The van der Waals surface area contributed by atoms with Crippen molar-refractivity contribution in [2.75, 3.05) is 12.0 Å². The molecule has 1 aromatic rings. The lowest BCUT2D eigenvalue weighted by molar-refractivity contribution is -0.123. The summed E-state index contributed by atoms with van der Waals surface area (Å²) in [7, 11) is 1.56. The van der Waals surface area contributed by atoms with Crippen molar-refractivity contribution in [2.45, 2.75) is 19.3 Å². The Labute approximate surface area is 117 Å². The third-order valence-electron chi connectivity index (χ3n) is 5.25. The molecule has 0 aromatic heterocycles. The van der Waals surface area contributed by atoms with E-state index < -0.39 is 0 Å². The maximum absolute atomic E-state index is 12.7. The summed E-state index contributed by atoms with van der Waals surface area (Å²) < 4.78 is 5.30. The number of hydrogen-bond acceptors (Lipinski definition) is 3. The fraction of sp³-hybridized carbons (Fsp3) is 0.500. The van der Waals surface area contributed by atoms with Gasteiger partial charge < -0.3 is 4.74 Å². The van der Waals surface area contributed by atoms with Gasteiger partial charge in [-0.25, -0.2) is 4.90 Å². The van der Waals surface area contributed by atoms with E-state index in [1.807, 2.05) is 12.1 Å². The first-order valence-corrected chi connectivity index (χ1v) is 7.23. The molecule has 2 amide bonds. The lowest BCUT2D eigenvalue weighted by atomic mass is 9.81. The minimum absolute atomic E-state index is 0.0169. The average Bonchev–Trinajstić information content (AvgIpc) is 3.13. The van der Waals surface area contributed by atoms with Crippen LogP contribution in [0, 0.1) is 23.7 Å². The van der Waals surface area contributed by atoms with Crippen molar-refractivity contribution < 1.29 is 14.3 Å². The van der Waals surface area contributed by atoms with Gasteiger partial charge in [-0.05, 0) is 43.2 Å². The third-order valence-corrected chi connectivity index (χ3v) is 5.25. The van der Waals surface area contributed by atoms with Crippen molar-refractivity contribution >= 4 is 17.5 Å². The molecule has 0 unspecified atom stereocenters. The second-order valence-electron chi connectivity index (χ2n) is 6.07. The Hall–Kier alpha value is -1.84. The molecule has 0 radical (unpaired) electrons. The van der Waals surface area contributed by atoms with Gasteiger partial charge in [0.15, 0.2) is 0 Å². The standard InChI is InChI=1S/C16H17NO3/c1-20-12-5-3-2-4-11(12)17-15(18)13-9-6-7-10(8-9)14(13)16(17)19/h2-5,9-10,13-14H,6-8H2,1H3/t9-,10-,13-,14-/m0/s1. The van der Waals surface area contributed by atoms with Gasteiger partial charge in [0.1, 0.15) is 5.75 Å². The van der Waals surface area contributed by atoms with Crippen molar-refractivity contribution in [3.8, 4) is 5.75 Å². The first-order chi connectivity index (χ1) is 9.72. The van der Waals surface area contributed by atoms with E-state index in [2.05, 4.69) is 0 Å². The van der Waals surface area contributed by atoms with E-state index in [9.17, 15) is 9.59 Å². The number of hydrogen-bond donors (Lipinski definition) is 0. The van der Waals surface area contributed by atoms with E-state index in [-0.39, 0.29) is 23.7 Å². The van der Waals surface area contributed by atoms with Crippen LogP contribution in [0.15, 0.2) is 24.3 Å². The number of carbonyl (C=O) groups is 2. The Kier molecular flexibility index (Phi) is 2.43. The number of para-hydroxylation sites is 2. The smallest absolute Gasteiger partial charge is 0.238 e. The molecule has 1 heterocycles. The van der Waals surface area contributed by atoms with Gasteiger partial charge in [0, 0.05) is 0 Å². The van der Waals surface area contributed by atoms with E-state index in [1.165, 1.54) is 4.90 Å². The Morgan fingerprint density at radius 2 is 1.65 bits per heavy atom. The zero-order valence-electron chi connectivity index (χ0n) is 11.4. The number of ether oxygens (including phenoxy) is 1. The van der Waals surface area contributed by atoms with Crippen LogP contribution in [0.5, 0.6) is 5.75 Å². The number of imide groups is 1. The number of rotatable bonds is 2. The highest BCUT2D eigenvalue weighted by Gasteiger charge is 2.61. The summed E-state index contributed by atoms with van der Waals surface area (Å²) in [5.74, 6) is 1.23. The monoisotopic (exact) mass is 271 g/mol. The number of nitrogens with zero attached hydrogens (tertiary/aromatic N) is 1. The zero-order valence-corrected chi connectivity index (χ0v) is 11.4. The van der Waals surface area contributed by atoms with Gasteiger partial charge in [0.2, 0.25) is 11.8 Å². The minimum atomic E-state index is -0.0776. The molecule has 0 N–H and O–H groups in total. The van der Waals surface area contributed by atoms with Crippen LogP contribution in [0.2, 0.25) is 0 Å².